The van der Waals surface area contributed by atoms with Crippen LogP contribution < -0.4 is 10.6 Å². The highest BCUT2D eigenvalue weighted by Gasteiger charge is 2.29. The molecule has 128 valence electrons. The van der Waals surface area contributed by atoms with Crippen LogP contribution in [0.5, 0.6) is 0 Å². The van der Waals surface area contributed by atoms with Crippen molar-refractivity contribution in [3.63, 3.8) is 0 Å². The first-order valence-electron chi connectivity index (χ1n) is 8.00. The van der Waals surface area contributed by atoms with Crippen molar-refractivity contribution in [2.24, 2.45) is 0 Å². The normalized spacial score (nSPS) is 21.6. The molecule has 2 N–H and O–H groups in total. The predicted octanol–water partition coefficient (Wildman–Crippen LogP) is 3.69. The van der Waals surface area contributed by atoms with Gasteiger partial charge in [-0.1, -0.05) is 24.4 Å². The second-order valence-electron chi connectivity index (χ2n) is 6.96. The Hall–Kier alpha value is -1.56. The number of aromatic nitrogens is 2. The topological polar surface area (TPSA) is 76.1 Å². The van der Waals surface area contributed by atoms with E-state index in [1.807, 2.05) is 27.7 Å². The van der Waals surface area contributed by atoms with Gasteiger partial charge in [-0.3, -0.25) is 0 Å². The average Bonchev–Trinajstić information content (AvgIpc) is 2.43. The summed E-state index contributed by atoms with van der Waals surface area (Å²) in [6.45, 7) is 7.42. The van der Waals surface area contributed by atoms with Crippen LogP contribution in [0.15, 0.2) is 6.20 Å². The maximum Gasteiger partial charge on any atom is 0.407 e. The van der Waals surface area contributed by atoms with Crippen LogP contribution in [0.4, 0.5) is 10.7 Å². The SMILES string of the molecule is Cc1cnc(N[C@@H]2CCCC[C@H]2NC(=O)OC(C)(C)C)nc1Cl. The molecule has 0 spiro atoms. The standard InChI is InChI=1S/C16H25ClN4O2/c1-10-9-18-14(21-13(10)17)19-11-7-5-6-8-12(11)20-15(22)23-16(2,3)4/h9,11-12H,5-8H2,1-4H3,(H,20,22)(H,18,19,21)/t11-,12-/m1/s1. The van der Waals surface area contributed by atoms with Crippen LogP contribution in [0.1, 0.15) is 52.0 Å². The fourth-order valence-corrected chi connectivity index (χ4v) is 2.72. The van der Waals surface area contributed by atoms with Crippen LogP contribution in [0, 0.1) is 6.92 Å². The molecule has 1 aliphatic carbocycles. The van der Waals surface area contributed by atoms with E-state index in [1.165, 1.54) is 0 Å². The van der Waals surface area contributed by atoms with Gasteiger partial charge >= 0.3 is 6.09 Å². The molecule has 1 amide bonds. The van der Waals surface area contributed by atoms with E-state index < -0.39 is 5.60 Å². The summed E-state index contributed by atoms with van der Waals surface area (Å²) in [5, 5.41) is 6.69. The van der Waals surface area contributed by atoms with E-state index in [1.54, 1.807) is 6.20 Å². The van der Waals surface area contributed by atoms with E-state index >= 15 is 0 Å². The minimum Gasteiger partial charge on any atom is -0.444 e. The smallest absolute Gasteiger partial charge is 0.407 e. The molecule has 2 rings (SSSR count). The molecule has 0 unspecified atom stereocenters. The van der Waals surface area contributed by atoms with Gasteiger partial charge in [-0.2, -0.15) is 0 Å². The molecule has 0 aromatic carbocycles. The Morgan fingerprint density at radius 1 is 1.30 bits per heavy atom. The van der Waals surface area contributed by atoms with Crippen molar-refractivity contribution in [2.45, 2.75) is 71.1 Å². The molecule has 1 aliphatic rings. The summed E-state index contributed by atoms with van der Waals surface area (Å²) in [6.07, 6.45) is 5.32. The Morgan fingerprint density at radius 2 is 1.96 bits per heavy atom. The number of halogens is 1. The first-order chi connectivity index (χ1) is 10.7. The van der Waals surface area contributed by atoms with Crippen LogP contribution >= 0.6 is 11.6 Å². The van der Waals surface area contributed by atoms with Gasteiger partial charge in [0.05, 0.1) is 6.04 Å². The summed E-state index contributed by atoms with van der Waals surface area (Å²) in [7, 11) is 0. The molecule has 6 nitrogen and oxygen atoms in total. The zero-order valence-electron chi connectivity index (χ0n) is 14.1. The number of rotatable bonds is 3. The fourth-order valence-electron chi connectivity index (χ4n) is 2.59. The lowest BCUT2D eigenvalue weighted by atomic mass is 9.90. The summed E-state index contributed by atoms with van der Waals surface area (Å²) in [4.78, 5) is 20.5. The Kier molecular flexibility index (Phi) is 5.68. The number of carbonyl (C=O) groups is 1. The summed E-state index contributed by atoms with van der Waals surface area (Å²) in [5.41, 5.74) is 0.333. The third kappa shape index (κ3) is 5.53. The quantitative estimate of drug-likeness (QED) is 0.821. The second kappa shape index (κ2) is 7.34. The third-order valence-corrected chi connectivity index (χ3v) is 4.08. The lowest BCUT2D eigenvalue weighted by Crippen LogP contribution is -2.50. The molecular weight excluding hydrogens is 316 g/mol. The zero-order chi connectivity index (χ0) is 17.0. The number of alkyl carbamates (subject to hydrolysis) is 1. The molecule has 7 heteroatoms. The number of amides is 1. The number of nitrogens with one attached hydrogen (secondary N) is 2. The minimum atomic E-state index is -0.505. The van der Waals surface area contributed by atoms with Gasteiger partial charge in [-0.05, 0) is 40.5 Å². The van der Waals surface area contributed by atoms with Crippen LogP contribution in [-0.4, -0.2) is 33.7 Å². The number of carbonyl (C=O) groups excluding carboxylic acids is 1. The first kappa shape index (κ1) is 17.8. The van der Waals surface area contributed by atoms with Crippen LogP contribution in [-0.2, 0) is 4.74 Å². The van der Waals surface area contributed by atoms with Crippen molar-refractivity contribution in [3.05, 3.63) is 16.9 Å². The first-order valence-corrected chi connectivity index (χ1v) is 8.37. The molecule has 1 aromatic rings. The van der Waals surface area contributed by atoms with Gasteiger partial charge in [-0.25, -0.2) is 14.8 Å². The molecule has 0 aliphatic heterocycles. The van der Waals surface area contributed by atoms with Crippen LogP contribution in [0.3, 0.4) is 0 Å². The van der Waals surface area contributed by atoms with Gasteiger partial charge in [-0.15, -0.1) is 0 Å². The average molecular weight is 341 g/mol. The molecule has 2 atom stereocenters. The number of anilines is 1. The molecular formula is C16H25ClN4O2. The van der Waals surface area contributed by atoms with E-state index in [0.29, 0.717) is 11.1 Å². The highest BCUT2D eigenvalue weighted by Crippen LogP contribution is 2.22. The van der Waals surface area contributed by atoms with Crippen molar-refractivity contribution in [1.82, 2.24) is 15.3 Å². The number of nitrogens with zero attached hydrogens (tertiary/aromatic N) is 2. The van der Waals surface area contributed by atoms with E-state index in [4.69, 9.17) is 16.3 Å². The highest BCUT2D eigenvalue weighted by atomic mass is 35.5. The summed E-state index contributed by atoms with van der Waals surface area (Å²) in [6, 6.07) is 0.0531. The van der Waals surface area contributed by atoms with E-state index in [-0.39, 0.29) is 18.2 Å². The Morgan fingerprint density at radius 3 is 2.57 bits per heavy atom. The Labute approximate surface area is 142 Å². The molecule has 1 fully saturated rings. The number of hydrogen-bond acceptors (Lipinski definition) is 5. The molecule has 1 saturated carbocycles. The molecule has 1 aromatic heterocycles. The van der Waals surface area contributed by atoms with Crippen LogP contribution in [0.2, 0.25) is 5.15 Å². The second-order valence-corrected chi connectivity index (χ2v) is 7.31. The van der Waals surface area contributed by atoms with Crippen molar-refractivity contribution < 1.29 is 9.53 Å². The van der Waals surface area contributed by atoms with Crippen molar-refractivity contribution in [1.29, 1.82) is 0 Å². The van der Waals surface area contributed by atoms with Crippen molar-refractivity contribution in [2.75, 3.05) is 5.32 Å². The van der Waals surface area contributed by atoms with Gasteiger partial charge in [0, 0.05) is 17.8 Å². The predicted molar refractivity (Wildman–Crippen MR) is 90.8 cm³/mol. The van der Waals surface area contributed by atoms with Crippen molar-refractivity contribution >= 4 is 23.6 Å². The molecule has 23 heavy (non-hydrogen) atoms. The number of aryl methyl sites for hydroxylation is 1. The van der Waals surface area contributed by atoms with Gasteiger partial charge in [0.15, 0.2) is 0 Å². The van der Waals surface area contributed by atoms with Crippen molar-refractivity contribution in [3.8, 4) is 0 Å². The zero-order valence-corrected chi connectivity index (χ0v) is 14.9. The Bertz CT molecular complexity index is 560. The number of hydrogen-bond donors (Lipinski definition) is 2. The lowest BCUT2D eigenvalue weighted by molar-refractivity contribution is 0.0488. The fraction of sp³-hybridized carbons (Fsp3) is 0.688. The maximum atomic E-state index is 12.0. The monoisotopic (exact) mass is 340 g/mol. The molecule has 1 heterocycles. The van der Waals surface area contributed by atoms with Gasteiger partial charge in [0.25, 0.3) is 0 Å². The van der Waals surface area contributed by atoms with E-state index in [9.17, 15) is 4.79 Å². The number of ether oxygens (including phenoxy) is 1. The lowest BCUT2D eigenvalue weighted by Gasteiger charge is -2.33. The molecule has 0 bridgehead atoms. The van der Waals surface area contributed by atoms with E-state index in [2.05, 4.69) is 20.6 Å². The molecule has 0 saturated heterocycles. The Balaban J connectivity index is 2.00. The maximum absolute atomic E-state index is 12.0. The van der Waals surface area contributed by atoms with Gasteiger partial charge < -0.3 is 15.4 Å². The third-order valence-electron chi connectivity index (χ3n) is 3.69. The molecule has 0 radical (unpaired) electrons. The minimum absolute atomic E-state index is 0.0118. The van der Waals surface area contributed by atoms with E-state index in [0.717, 1.165) is 31.2 Å². The van der Waals surface area contributed by atoms with Crippen LogP contribution in [0.25, 0.3) is 0 Å². The largest absolute Gasteiger partial charge is 0.444 e. The summed E-state index contributed by atoms with van der Waals surface area (Å²) in [5.74, 6) is 0.489. The van der Waals surface area contributed by atoms with Gasteiger partial charge in [0.2, 0.25) is 5.95 Å². The summed E-state index contributed by atoms with van der Waals surface area (Å²) < 4.78 is 5.34. The highest BCUT2D eigenvalue weighted by molar-refractivity contribution is 6.30. The van der Waals surface area contributed by atoms with Gasteiger partial charge in [0.1, 0.15) is 10.8 Å². The summed E-state index contributed by atoms with van der Waals surface area (Å²) >= 11 is 6.04.